The fourth-order valence-electron chi connectivity index (χ4n) is 2.93. The number of hydrogen-bond acceptors (Lipinski definition) is 3. The van der Waals surface area contributed by atoms with E-state index in [2.05, 4.69) is 25.1 Å². The van der Waals surface area contributed by atoms with Crippen molar-refractivity contribution in [3.8, 4) is 0 Å². The number of benzene rings is 1. The van der Waals surface area contributed by atoms with Gasteiger partial charge in [0.2, 0.25) is 0 Å². The van der Waals surface area contributed by atoms with Crippen molar-refractivity contribution in [1.29, 1.82) is 0 Å². The lowest BCUT2D eigenvalue weighted by Crippen LogP contribution is -2.36. The van der Waals surface area contributed by atoms with E-state index in [9.17, 15) is 0 Å². The number of hydrogen-bond donors (Lipinski definition) is 1. The number of fused-ring (bicyclic) bond motifs is 1. The minimum absolute atomic E-state index is 0.131. The second-order valence-corrected chi connectivity index (χ2v) is 5.39. The highest BCUT2D eigenvalue weighted by molar-refractivity contribution is 5.78. The number of aromatic nitrogens is 1. The molecule has 3 atom stereocenters. The Morgan fingerprint density at radius 3 is 2.95 bits per heavy atom. The number of nitrogens with zero attached hydrogens (tertiary/aromatic N) is 1. The minimum Gasteiger partial charge on any atom is -0.378 e. The Hall–Kier alpha value is -1.45. The zero-order chi connectivity index (χ0) is 13.2. The van der Waals surface area contributed by atoms with Gasteiger partial charge >= 0.3 is 0 Å². The van der Waals surface area contributed by atoms with Crippen LogP contribution < -0.4 is 5.73 Å². The van der Waals surface area contributed by atoms with Gasteiger partial charge in [0.15, 0.2) is 0 Å². The van der Waals surface area contributed by atoms with Crippen LogP contribution in [0, 0.1) is 5.92 Å². The minimum atomic E-state index is 0.131. The Labute approximate surface area is 113 Å². The maximum Gasteiger partial charge on any atom is 0.0705 e. The lowest BCUT2D eigenvalue weighted by molar-refractivity contribution is 0.0994. The molecule has 1 aliphatic heterocycles. The van der Waals surface area contributed by atoms with E-state index >= 15 is 0 Å². The fourth-order valence-corrected chi connectivity index (χ4v) is 2.93. The highest BCUT2D eigenvalue weighted by Gasteiger charge is 2.29. The van der Waals surface area contributed by atoms with Crippen molar-refractivity contribution in [2.45, 2.75) is 31.9 Å². The molecule has 2 N–H and O–H groups in total. The van der Waals surface area contributed by atoms with E-state index in [1.54, 1.807) is 0 Å². The summed E-state index contributed by atoms with van der Waals surface area (Å²) in [4.78, 5) is 4.69. The van der Waals surface area contributed by atoms with Crippen LogP contribution in [0.5, 0.6) is 0 Å². The van der Waals surface area contributed by atoms with E-state index in [-0.39, 0.29) is 12.1 Å². The van der Waals surface area contributed by atoms with Gasteiger partial charge in [-0.1, -0.05) is 24.3 Å². The van der Waals surface area contributed by atoms with Crippen LogP contribution in [0.1, 0.15) is 19.0 Å². The first-order valence-corrected chi connectivity index (χ1v) is 6.96. The summed E-state index contributed by atoms with van der Waals surface area (Å²) in [5.74, 6) is 0.452. The maximum atomic E-state index is 6.33. The van der Waals surface area contributed by atoms with Crippen LogP contribution in [0.25, 0.3) is 10.9 Å². The van der Waals surface area contributed by atoms with Gasteiger partial charge in [-0.25, -0.2) is 0 Å². The molecule has 3 unspecified atom stereocenters. The van der Waals surface area contributed by atoms with Crippen LogP contribution in [0.15, 0.2) is 36.4 Å². The normalized spacial score (nSPS) is 24.7. The number of rotatable bonds is 3. The van der Waals surface area contributed by atoms with Gasteiger partial charge < -0.3 is 10.5 Å². The van der Waals surface area contributed by atoms with E-state index in [0.717, 1.165) is 30.7 Å². The summed E-state index contributed by atoms with van der Waals surface area (Å²) in [6.07, 6.45) is 2.16. The predicted octanol–water partition coefficient (Wildman–Crippen LogP) is 2.53. The van der Waals surface area contributed by atoms with Gasteiger partial charge in [0.05, 0.1) is 11.6 Å². The van der Waals surface area contributed by atoms with Crippen LogP contribution >= 0.6 is 0 Å². The van der Waals surface area contributed by atoms with Crippen molar-refractivity contribution >= 4 is 10.9 Å². The zero-order valence-corrected chi connectivity index (χ0v) is 11.3. The lowest BCUT2D eigenvalue weighted by atomic mass is 9.91. The molecule has 3 heteroatoms. The zero-order valence-electron chi connectivity index (χ0n) is 11.3. The third-order valence-corrected chi connectivity index (χ3v) is 4.09. The molecule has 0 amide bonds. The molecule has 1 aromatic carbocycles. The first kappa shape index (κ1) is 12.6. The van der Waals surface area contributed by atoms with Crippen LogP contribution in [0.2, 0.25) is 0 Å². The molecular weight excluding hydrogens is 236 g/mol. The van der Waals surface area contributed by atoms with Gasteiger partial charge in [0.25, 0.3) is 0 Å². The van der Waals surface area contributed by atoms with Gasteiger partial charge in [-0.15, -0.1) is 0 Å². The van der Waals surface area contributed by atoms with Gasteiger partial charge in [0.1, 0.15) is 0 Å². The third kappa shape index (κ3) is 2.62. The largest absolute Gasteiger partial charge is 0.378 e. The molecule has 100 valence electrons. The second-order valence-electron chi connectivity index (χ2n) is 5.39. The summed E-state index contributed by atoms with van der Waals surface area (Å²) in [5, 5.41) is 1.18. The average Bonchev–Trinajstić information content (AvgIpc) is 2.85. The van der Waals surface area contributed by atoms with E-state index in [0.29, 0.717) is 5.92 Å². The molecule has 2 aromatic rings. The predicted molar refractivity (Wildman–Crippen MR) is 76.9 cm³/mol. The Morgan fingerprint density at radius 1 is 1.32 bits per heavy atom. The Bertz CT molecular complexity index is 569. The molecule has 1 aliphatic rings. The SMILES string of the molecule is CC1OCCC1C(N)Cc1ccc2ccccc2n1. The van der Waals surface area contributed by atoms with E-state index in [1.165, 1.54) is 5.39 Å². The second kappa shape index (κ2) is 5.27. The standard InChI is InChI=1S/C16H20N2O/c1-11-14(8-9-19-11)15(17)10-13-7-6-12-4-2-3-5-16(12)18-13/h2-7,11,14-15H,8-10,17H2,1H3. The Kier molecular flexibility index (Phi) is 3.49. The number of nitrogens with two attached hydrogens (primary N) is 1. The van der Waals surface area contributed by atoms with E-state index in [4.69, 9.17) is 15.5 Å². The highest BCUT2D eigenvalue weighted by Crippen LogP contribution is 2.24. The van der Waals surface area contributed by atoms with Crippen molar-refractivity contribution in [3.05, 3.63) is 42.1 Å². The molecular formula is C16H20N2O. The first-order valence-electron chi connectivity index (χ1n) is 6.96. The maximum absolute atomic E-state index is 6.33. The Balaban J connectivity index is 1.77. The summed E-state index contributed by atoms with van der Waals surface area (Å²) in [6, 6.07) is 12.5. The highest BCUT2D eigenvalue weighted by atomic mass is 16.5. The number of para-hydroxylation sites is 1. The van der Waals surface area contributed by atoms with E-state index in [1.807, 2.05) is 18.2 Å². The van der Waals surface area contributed by atoms with Gasteiger partial charge in [0, 0.05) is 36.1 Å². The summed E-state index contributed by atoms with van der Waals surface area (Å²) >= 11 is 0. The van der Waals surface area contributed by atoms with Crippen molar-refractivity contribution in [2.75, 3.05) is 6.61 Å². The number of ether oxygens (including phenoxy) is 1. The third-order valence-electron chi connectivity index (χ3n) is 4.09. The molecule has 19 heavy (non-hydrogen) atoms. The molecule has 1 saturated heterocycles. The monoisotopic (exact) mass is 256 g/mol. The molecule has 1 aromatic heterocycles. The van der Waals surface area contributed by atoms with Gasteiger partial charge in [-0.2, -0.15) is 0 Å². The van der Waals surface area contributed by atoms with E-state index < -0.39 is 0 Å². The fraction of sp³-hybridized carbons (Fsp3) is 0.438. The molecule has 0 aliphatic carbocycles. The summed E-state index contributed by atoms with van der Waals surface area (Å²) in [7, 11) is 0. The smallest absolute Gasteiger partial charge is 0.0705 e. The van der Waals surface area contributed by atoms with Gasteiger partial charge in [-0.05, 0) is 25.5 Å². The molecule has 0 radical (unpaired) electrons. The molecule has 0 spiro atoms. The molecule has 1 fully saturated rings. The summed E-state index contributed by atoms with van der Waals surface area (Å²) in [5.41, 5.74) is 8.44. The first-order chi connectivity index (χ1) is 9.24. The number of pyridine rings is 1. The van der Waals surface area contributed by atoms with Crippen LogP contribution in [-0.4, -0.2) is 23.7 Å². The van der Waals surface area contributed by atoms with Crippen molar-refractivity contribution in [2.24, 2.45) is 11.7 Å². The summed E-state index contributed by atoms with van der Waals surface area (Å²) < 4.78 is 5.59. The van der Waals surface area contributed by atoms with Crippen molar-refractivity contribution in [1.82, 2.24) is 4.98 Å². The molecule has 0 saturated carbocycles. The molecule has 3 rings (SSSR count). The van der Waals surface area contributed by atoms with Crippen LogP contribution in [0.4, 0.5) is 0 Å². The molecule has 2 heterocycles. The molecule has 3 nitrogen and oxygen atoms in total. The quantitative estimate of drug-likeness (QED) is 0.918. The molecule has 0 bridgehead atoms. The Morgan fingerprint density at radius 2 is 2.16 bits per heavy atom. The van der Waals surface area contributed by atoms with Crippen molar-refractivity contribution in [3.63, 3.8) is 0 Å². The summed E-state index contributed by atoms with van der Waals surface area (Å²) in [6.45, 7) is 2.95. The van der Waals surface area contributed by atoms with Crippen LogP contribution in [-0.2, 0) is 11.2 Å². The van der Waals surface area contributed by atoms with Crippen molar-refractivity contribution < 1.29 is 4.74 Å². The van der Waals surface area contributed by atoms with Gasteiger partial charge in [-0.3, -0.25) is 4.98 Å². The van der Waals surface area contributed by atoms with Crippen LogP contribution in [0.3, 0.4) is 0 Å². The lowest BCUT2D eigenvalue weighted by Gasteiger charge is -2.21. The average molecular weight is 256 g/mol. The topological polar surface area (TPSA) is 48.1 Å².